The number of halogens is 1. The lowest BCUT2D eigenvalue weighted by molar-refractivity contribution is -0.117. The lowest BCUT2D eigenvalue weighted by Gasteiger charge is -2.23. The molecule has 1 fully saturated rings. The number of nitrogens with one attached hydrogen (secondary N) is 2. The number of carbonyl (C=O) groups excluding carboxylic acids is 1. The van der Waals surface area contributed by atoms with Crippen molar-refractivity contribution in [2.75, 3.05) is 26.2 Å². The zero-order valence-corrected chi connectivity index (χ0v) is 13.5. The van der Waals surface area contributed by atoms with E-state index in [-0.39, 0.29) is 18.3 Å². The van der Waals surface area contributed by atoms with Crippen LogP contribution in [0.4, 0.5) is 0 Å². The fraction of sp³-hybridized carbons (Fsp3) is 0.471. The summed E-state index contributed by atoms with van der Waals surface area (Å²) in [6.45, 7) is 3.31. The van der Waals surface area contributed by atoms with Crippen LogP contribution >= 0.6 is 12.4 Å². The van der Waals surface area contributed by atoms with Crippen molar-refractivity contribution in [3.8, 4) is 5.75 Å². The first-order chi connectivity index (χ1) is 10.3. The van der Waals surface area contributed by atoms with Gasteiger partial charge >= 0.3 is 0 Å². The van der Waals surface area contributed by atoms with Gasteiger partial charge in [-0.1, -0.05) is 18.2 Å². The van der Waals surface area contributed by atoms with Gasteiger partial charge in [0.1, 0.15) is 12.4 Å². The van der Waals surface area contributed by atoms with Crippen LogP contribution in [-0.2, 0) is 4.79 Å². The van der Waals surface area contributed by atoms with Gasteiger partial charge in [-0.25, -0.2) is 0 Å². The van der Waals surface area contributed by atoms with E-state index in [1.165, 1.54) is 12.8 Å². The number of hydrogen-bond donors (Lipinski definition) is 2. The van der Waals surface area contributed by atoms with E-state index in [9.17, 15) is 4.79 Å². The number of hydrogen-bond acceptors (Lipinski definition) is 3. The molecule has 0 saturated carbocycles. The molecule has 2 heterocycles. The van der Waals surface area contributed by atoms with Crippen molar-refractivity contribution in [3.05, 3.63) is 35.4 Å². The number of amides is 1. The molecule has 1 unspecified atom stereocenters. The number of carbonyl (C=O) groups is 1. The van der Waals surface area contributed by atoms with E-state index in [1.54, 1.807) is 0 Å². The fourth-order valence-corrected chi connectivity index (χ4v) is 2.92. The van der Waals surface area contributed by atoms with Crippen LogP contribution in [0.1, 0.15) is 24.8 Å². The third kappa shape index (κ3) is 4.24. The summed E-state index contributed by atoms with van der Waals surface area (Å²) in [7, 11) is 0. The minimum atomic E-state index is -0.00623. The molecule has 0 spiro atoms. The quantitative estimate of drug-likeness (QED) is 0.895. The highest BCUT2D eigenvalue weighted by Crippen LogP contribution is 2.25. The molecule has 1 saturated heterocycles. The van der Waals surface area contributed by atoms with E-state index in [0.717, 1.165) is 37.4 Å². The zero-order chi connectivity index (χ0) is 14.5. The summed E-state index contributed by atoms with van der Waals surface area (Å²) in [6, 6.07) is 7.79. The molecule has 22 heavy (non-hydrogen) atoms. The molecule has 0 radical (unpaired) electrons. The average Bonchev–Trinajstić information content (AvgIpc) is 2.55. The summed E-state index contributed by atoms with van der Waals surface area (Å²) in [5.41, 5.74) is 1.68. The maximum atomic E-state index is 12.2. The Morgan fingerprint density at radius 2 is 2.23 bits per heavy atom. The summed E-state index contributed by atoms with van der Waals surface area (Å²) in [5, 5.41) is 6.42. The second-order valence-corrected chi connectivity index (χ2v) is 5.75. The van der Waals surface area contributed by atoms with Gasteiger partial charge in [0.2, 0.25) is 0 Å². The van der Waals surface area contributed by atoms with Gasteiger partial charge in [0, 0.05) is 12.1 Å². The van der Waals surface area contributed by atoms with Crippen LogP contribution in [0.25, 0.3) is 6.08 Å². The zero-order valence-electron chi connectivity index (χ0n) is 12.6. The Morgan fingerprint density at radius 3 is 3.05 bits per heavy atom. The van der Waals surface area contributed by atoms with Gasteiger partial charge < -0.3 is 15.4 Å². The number of piperidine rings is 1. The molecule has 4 nitrogen and oxygen atoms in total. The van der Waals surface area contributed by atoms with Gasteiger partial charge in [0.05, 0.1) is 5.57 Å². The molecular formula is C17H23ClN2O2. The van der Waals surface area contributed by atoms with E-state index < -0.39 is 0 Å². The normalized spacial score (nSPS) is 20.0. The van der Waals surface area contributed by atoms with Crippen molar-refractivity contribution >= 4 is 24.4 Å². The Bertz CT molecular complexity index is 539. The number of para-hydroxylation sites is 1. The number of benzene rings is 1. The van der Waals surface area contributed by atoms with Crippen molar-refractivity contribution in [2.24, 2.45) is 5.92 Å². The highest BCUT2D eigenvalue weighted by molar-refractivity contribution is 5.99. The Morgan fingerprint density at radius 1 is 1.36 bits per heavy atom. The molecule has 1 aromatic rings. The first-order valence-electron chi connectivity index (χ1n) is 7.74. The minimum Gasteiger partial charge on any atom is -0.488 e. The fourth-order valence-electron chi connectivity index (χ4n) is 2.92. The monoisotopic (exact) mass is 322 g/mol. The SMILES string of the molecule is Cl.O=C(NCCC1CCCNC1)C1=Cc2ccccc2OC1. The molecule has 0 bridgehead atoms. The molecular weight excluding hydrogens is 300 g/mol. The first kappa shape index (κ1) is 16.8. The maximum absolute atomic E-state index is 12.2. The Hall–Kier alpha value is -1.52. The summed E-state index contributed by atoms with van der Waals surface area (Å²) in [5.74, 6) is 1.53. The van der Waals surface area contributed by atoms with Crippen LogP contribution in [0.15, 0.2) is 29.8 Å². The van der Waals surface area contributed by atoms with Gasteiger partial charge in [-0.15, -0.1) is 12.4 Å². The van der Waals surface area contributed by atoms with Gasteiger partial charge in [-0.2, -0.15) is 0 Å². The maximum Gasteiger partial charge on any atom is 0.250 e. The van der Waals surface area contributed by atoms with Crippen LogP contribution in [0.2, 0.25) is 0 Å². The molecule has 3 rings (SSSR count). The minimum absolute atomic E-state index is 0. The van der Waals surface area contributed by atoms with Gasteiger partial charge in [-0.05, 0) is 50.4 Å². The third-order valence-electron chi connectivity index (χ3n) is 4.16. The molecule has 120 valence electrons. The van der Waals surface area contributed by atoms with Crippen LogP contribution in [0, 0.1) is 5.92 Å². The Kier molecular flexibility index (Phi) is 6.28. The highest BCUT2D eigenvalue weighted by Gasteiger charge is 2.17. The molecule has 2 aliphatic heterocycles. The van der Waals surface area contributed by atoms with E-state index >= 15 is 0 Å². The first-order valence-corrected chi connectivity index (χ1v) is 7.74. The van der Waals surface area contributed by atoms with Crippen molar-refractivity contribution < 1.29 is 9.53 Å². The second-order valence-electron chi connectivity index (χ2n) is 5.75. The highest BCUT2D eigenvalue weighted by atomic mass is 35.5. The smallest absolute Gasteiger partial charge is 0.250 e. The number of ether oxygens (including phenoxy) is 1. The van der Waals surface area contributed by atoms with Gasteiger partial charge in [-0.3, -0.25) is 4.79 Å². The topological polar surface area (TPSA) is 50.4 Å². The molecule has 1 atom stereocenters. The molecule has 0 aromatic heterocycles. The summed E-state index contributed by atoms with van der Waals surface area (Å²) >= 11 is 0. The van der Waals surface area contributed by atoms with E-state index in [2.05, 4.69) is 10.6 Å². The Balaban J connectivity index is 0.00000176. The van der Waals surface area contributed by atoms with Crippen LogP contribution in [0.5, 0.6) is 5.75 Å². The van der Waals surface area contributed by atoms with Crippen molar-refractivity contribution in [1.29, 1.82) is 0 Å². The second kappa shape index (κ2) is 8.20. The lowest BCUT2D eigenvalue weighted by atomic mass is 9.96. The molecule has 1 aromatic carbocycles. The van der Waals surface area contributed by atoms with E-state index in [0.29, 0.717) is 18.1 Å². The van der Waals surface area contributed by atoms with Gasteiger partial charge in [0.25, 0.3) is 5.91 Å². The van der Waals surface area contributed by atoms with Crippen molar-refractivity contribution in [2.45, 2.75) is 19.3 Å². The molecule has 0 aliphatic carbocycles. The van der Waals surface area contributed by atoms with Crippen LogP contribution < -0.4 is 15.4 Å². The third-order valence-corrected chi connectivity index (χ3v) is 4.16. The summed E-state index contributed by atoms with van der Waals surface area (Å²) < 4.78 is 5.61. The number of rotatable bonds is 4. The predicted molar refractivity (Wildman–Crippen MR) is 90.4 cm³/mol. The van der Waals surface area contributed by atoms with Crippen LogP contribution in [0.3, 0.4) is 0 Å². The van der Waals surface area contributed by atoms with Crippen molar-refractivity contribution in [3.63, 3.8) is 0 Å². The molecule has 5 heteroatoms. The largest absolute Gasteiger partial charge is 0.488 e. The molecule has 2 aliphatic rings. The lowest BCUT2D eigenvalue weighted by Crippen LogP contribution is -2.34. The van der Waals surface area contributed by atoms with Gasteiger partial charge in [0.15, 0.2) is 0 Å². The Labute approximate surface area is 137 Å². The molecule has 2 N–H and O–H groups in total. The van der Waals surface area contributed by atoms with E-state index in [4.69, 9.17) is 4.74 Å². The standard InChI is InChI=1S/C17H22N2O2.ClH/c20-17(19-9-7-13-4-3-8-18-11-13)15-10-14-5-1-2-6-16(14)21-12-15;/h1-2,5-6,10,13,18H,3-4,7-9,11-12H2,(H,19,20);1H. The average molecular weight is 323 g/mol. The summed E-state index contributed by atoms with van der Waals surface area (Å²) in [6.07, 6.45) is 5.48. The molecule has 1 amide bonds. The van der Waals surface area contributed by atoms with Crippen LogP contribution in [-0.4, -0.2) is 32.1 Å². The summed E-state index contributed by atoms with van der Waals surface area (Å²) in [4.78, 5) is 12.2. The van der Waals surface area contributed by atoms with Crippen molar-refractivity contribution in [1.82, 2.24) is 10.6 Å². The predicted octanol–water partition coefficient (Wildman–Crippen LogP) is 2.39. The van der Waals surface area contributed by atoms with E-state index in [1.807, 2.05) is 30.3 Å². The number of fused-ring (bicyclic) bond motifs is 1.